The highest BCUT2D eigenvalue weighted by molar-refractivity contribution is 14.1. The van der Waals surface area contributed by atoms with Gasteiger partial charge in [-0.3, -0.25) is 4.79 Å². The van der Waals surface area contributed by atoms with Crippen molar-refractivity contribution in [1.82, 2.24) is 0 Å². The number of nitrogens with zero attached hydrogens (tertiary/aromatic N) is 1. The van der Waals surface area contributed by atoms with Crippen LogP contribution in [-0.4, -0.2) is 27.2 Å². The Morgan fingerprint density at radius 1 is 1.09 bits per heavy atom. The molecule has 0 radical (unpaired) electrons. The third kappa shape index (κ3) is 3.32. The maximum Gasteiger partial charge on any atom is 0.259 e. The number of amides is 1. The quantitative estimate of drug-likeness (QED) is 0.715. The molecule has 0 spiro atoms. The summed E-state index contributed by atoms with van der Waals surface area (Å²) < 4.78 is 24.1. The first-order valence-electron chi connectivity index (χ1n) is 6.43. The number of hydrogen-bond acceptors (Lipinski definition) is 3. The third-order valence-electron chi connectivity index (χ3n) is 3.22. The predicted molar refractivity (Wildman–Crippen MR) is 91.4 cm³/mol. The van der Waals surface area contributed by atoms with Gasteiger partial charge in [0.2, 0.25) is 0 Å². The highest BCUT2D eigenvalue weighted by atomic mass is 127. The summed E-state index contributed by atoms with van der Waals surface area (Å²) in [4.78, 5) is 14.0. The van der Waals surface area contributed by atoms with Gasteiger partial charge in [-0.2, -0.15) is 0 Å². The Bertz CT molecular complexity index is 706. The van der Waals surface area contributed by atoms with Gasteiger partial charge in [0.05, 0.1) is 19.8 Å². The van der Waals surface area contributed by atoms with Gasteiger partial charge >= 0.3 is 0 Å². The Hall–Kier alpha value is -1.83. The number of hydrogen-bond donors (Lipinski definition) is 0. The van der Waals surface area contributed by atoms with Crippen LogP contribution in [-0.2, 0) is 0 Å². The lowest BCUT2D eigenvalue weighted by molar-refractivity contribution is 0.0992. The van der Waals surface area contributed by atoms with Crippen LogP contribution in [0.2, 0.25) is 0 Å². The van der Waals surface area contributed by atoms with Crippen LogP contribution in [0.4, 0.5) is 10.1 Å². The fourth-order valence-corrected chi connectivity index (χ4v) is 2.70. The van der Waals surface area contributed by atoms with E-state index in [0.29, 0.717) is 26.3 Å². The van der Waals surface area contributed by atoms with Crippen LogP contribution in [0.5, 0.6) is 11.5 Å². The molecule has 22 heavy (non-hydrogen) atoms. The normalized spacial score (nSPS) is 10.2. The maximum absolute atomic E-state index is 13.2. The van der Waals surface area contributed by atoms with E-state index in [1.54, 1.807) is 32.4 Å². The number of anilines is 1. The van der Waals surface area contributed by atoms with E-state index in [2.05, 4.69) is 0 Å². The minimum Gasteiger partial charge on any atom is -0.493 e. The van der Waals surface area contributed by atoms with Crippen molar-refractivity contribution in [1.29, 1.82) is 0 Å². The monoisotopic (exact) mass is 415 g/mol. The molecular formula is C16H15FINO3. The van der Waals surface area contributed by atoms with Gasteiger partial charge < -0.3 is 14.4 Å². The highest BCUT2D eigenvalue weighted by Crippen LogP contribution is 2.31. The molecule has 6 heteroatoms. The van der Waals surface area contributed by atoms with Gasteiger partial charge in [0.25, 0.3) is 5.91 Å². The lowest BCUT2D eigenvalue weighted by Crippen LogP contribution is -2.27. The Kier molecular flexibility index (Phi) is 5.23. The maximum atomic E-state index is 13.2. The minimum absolute atomic E-state index is 0.225. The zero-order chi connectivity index (χ0) is 16.3. The first-order chi connectivity index (χ1) is 10.5. The van der Waals surface area contributed by atoms with Crippen LogP contribution in [0.3, 0.4) is 0 Å². The number of benzene rings is 2. The molecule has 0 aliphatic carbocycles. The fraction of sp³-hybridized carbons (Fsp3) is 0.188. The third-order valence-corrected chi connectivity index (χ3v) is 4.11. The van der Waals surface area contributed by atoms with Gasteiger partial charge in [-0.05, 0) is 52.9 Å². The molecule has 0 saturated heterocycles. The Labute approximate surface area is 142 Å². The lowest BCUT2D eigenvalue weighted by Gasteiger charge is -2.19. The molecule has 1 amide bonds. The number of rotatable bonds is 4. The van der Waals surface area contributed by atoms with E-state index >= 15 is 0 Å². The van der Waals surface area contributed by atoms with Crippen LogP contribution in [0, 0.1) is 9.39 Å². The summed E-state index contributed by atoms with van der Waals surface area (Å²) in [5.41, 5.74) is 1.10. The molecule has 116 valence electrons. The van der Waals surface area contributed by atoms with E-state index in [0.717, 1.165) is 0 Å². The van der Waals surface area contributed by atoms with Crippen LogP contribution < -0.4 is 14.4 Å². The number of halogens is 2. The van der Waals surface area contributed by atoms with Crippen molar-refractivity contribution < 1.29 is 18.7 Å². The van der Waals surface area contributed by atoms with E-state index in [4.69, 9.17) is 9.47 Å². The predicted octanol–water partition coefficient (Wildman–Crippen LogP) is 3.72. The Morgan fingerprint density at radius 3 is 2.36 bits per heavy atom. The van der Waals surface area contributed by atoms with Crippen LogP contribution >= 0.6 is 22.6 Å². The van der Waals surface area contributed by atoms with Crippen molar-refractivity contribution in [2.45, 2.75) is 0 Å². The van der Waals surface area contributed by atoms with E-state index in [1.165, 1.54) is 30.2 Å². The molecule has 0 fully saturated rings. The largest absolute Gasteiger partial charge is 0.493 e. The van der Waals surface area contributed by atoms with Crippen molar-refractivity contribution >= 4 is 34.2 Å². The Morgan fingerprint density at radius 2 is 1.77 bits per heavy atom. The number of ether oxygens (including phenoxy) is 2. The average Bonchev–Trinajstić information content (AvgIpc) is 2.52. The molecule has 2 aromatic rings. The van der Waals surface area contributed by atoms with E-state index in [9.17, 15) is 9.18 Å². The van der Waals surface area contributed by atoms with E-state index < -0.39 is 0 Å². The van der Waals surface area contributed by atoms with Crippen molar-refractivity contribution in [2.75, 3.05) is 26.2 Å². The summed E-state index contributed by atoms with van der Waals surface area (Å²) in [6, 6.07) is 9.29. The average molecular weight is 415 g/mol. The molecule has 2 aromatic carbocycles. The molecule has 0 heterocycles. The molecule has 0 aromatic heterocycles. The van der Waals surface area contributed by atoms with Gasteiger partial charge in [0, 0.05) is 22.4 Å². The van der Waals surface area contributed by atoms with Crippen LogP contribution in [0.25, 0.3) is 0 Å². The SMILES string of the molecule is COc1ccc(N(C)C(=O)c2ccc(F)cc2I)cc1OC. The zero-order valence-electron chi connectivity index (χ0n) is 12.4. The Balaban J connectivity index is 2.34. The molecule has 2 rings (SSSR count). The summed E-state index contributed by atoms with van der Waals surface area (Å²) in [7, 11) is 4.74. The standard InChI is InChI=1S/C16H15FINO3/c1-19(11-5-7-14(21-2)15(9-11)22-3)16(20)12-6-4-10(17)8-13(12)18/h4-9H,1-3H3. The molecule has 0 atom stereocenters. The van der Waals surface area contributed by atoms with Gasteiger partial charge in [-0.15, -0.1) is 0 Å². The van der Waals surface area contributed by atoms with Crippen molar-refractivity contribution in [3.63, 3.8) is 0 Å². The molecule has 0 bridgehead atoms. The molecule has 0 aliphatic rings. The summed E-state index contributed by atoms with van der Waals surface area (Å²) in [5.74, 6) is 0.531. The number of carbonyl (C=O) groups is 1. The van der Waals surface area contributed by atoms with Gasteiger partial charge in [-0.1, -0.05) is 0 Å². The summed E-state index contributed by atoms with van der Waals surface area (Å²) in [5, 5.41) is 0. The second-order valence-corrected chi connectivity index (χ2v) is 5.69. The lowest BCUT2D eigenvalue weighted by atomic mass is 10.2. The first-order valence-corrected chi connectivity index (χ1v) is 7.51. The van der Waals surface area contributed by atoms with Crippen molar-refractivity contribution in [3.05, 3.63) is 51.3 Å². The van der Waals surface area contributed by atoms with Crippen LogP contribution in [0.15, 0.2) is 36.4 Å². The second-order valence-electron chi connectivity index (χ2n) is 4.53. The summed E-state index contributed by atoms with van der Waals surface area (Å²) >= 11 is 1.95. The second kappa shape index (κ2) is 6.95. The van der Waals surface area contributed by atoms with E-state index in [-0.39, 0.29) is 11.7 Å². The molecule has 0 unspecified atom stereocenters. The first kappa shape index (κ1) is 16.5. The highest BCUT2D eigenvalue weighted by Gasteiger charge is 2.18. The summed E-state index contributed by atoms with van der Waals surface area (Å²) in [6.07, 6.45) is 0. The number of carbonyl (C=O) groups excluding carboxylic acids is 1. The van der Waals surface area contributed by atoms with Crippen LogP contribution in [0.1, 0.15) is 10.4 Å². The van der Waals surface area contributed by atoms with Crippen molar-refractivity contribution in [3.8, 4) is 11.5 Å². The van der Waals surface area contributed by atoms with Crippen molar-refractivity contribution in [2.24, 2.45) is 0 Å². The molecule has 0 aliphatic heterocycles. The van der Waals surface area contributed by atoms with Gasteiger partial charge in [0.1, 0.15) is 5.82 Å². The number of methoxy groups -OCH3 is 2. The molecule has 4 nitrogen and oxygen atoms in total. The van der Waals surface area contributed by atoms with Gasteiger partial charge in [-0.25, -0.2) is 4.39 Å². The molecule has 0 N–H and O–H groups in total. The summed E-state index contributed by atoms with van der Waals surface area (Å²) in [6.45, 7) is 0. The van der Waals surface area contributed by atoms with E-state index in [1.807, 2.05) is 22.6 Å². The topological polar surface area (TPSA) is 38.8 Å². The van der Waals surface area contributed by atoms with Gasteiger partial charge in [0.15, 0.2) is 11.5 Å². The smallest absolute Gasteiger partial charge is 0.259 e. The zero-order valence-corrected chi connectivity index (χ0v) is 14.5. The molecular weight excluding hydrogens is 400 g/mol. The fourth-order valence-electron chi connectivity index (χ4n) is 1.99. The minimum atomic E-state index is -0.366. The molecule has 0 saturated carbocycles.